The molecule has 1 fully saturated rings. The summed E-state index contributed by atoms with van der Waals surface area (Å²) in [6.45, 7) is 9.62. The van der Waals surface area contributed by atoms with E-state index in [9.17, 15) is 0 Å². The number of rotatable bonds is 9. The first-order chi connectivity index (χ1) is 10.9. The molecule has 0 atom stereocenters. The molecule has 1 saturated heterocycles. The molecule has 0 bridgehead atoms. The number of nitrogens with zero attached hydrogens (tertiary/aromatic N) is 3. The lowest BCUT2D eigenvalue weighted by Crippen LogP contribution is -2.38. The third-order valence-corrected chi connectivity index (χ3v) is 4.02. The fraction of sp³-hybridized carbons (Fsp3) is 0.706. The Morgan fingerprint density at radius 2 is 1.78 bits per heavy atom. The number of hydrogen-bond donors (Lipinski definition) is 2. The number of likely N-dealkylation sites (tertiary alicyclic amines) is 1. The monoisotopic (exact) mass is 433 g/mol. The van der Waals surface area contributed by atoms with Gasteiger partial charge in [0, 0.05) is 38.6 Å². The Balaban J connectivity index is 0.00000264. The van der Waals surface area contributed by atoms with E-state index in [1.807, 2.05) is 0 Å². The van der Waals surface area contributed by atoms with Gasteiger partial charge in [-0.3, -0.25) is 4.99 Å². The quantitative estimate of drug-likeness (QED) is 0.272. The van der Waals surface area contributed by atoms with Crippen molar-refractivity contribution in [2.75, 3.05) is 39.3 Å². The van der Waals surface area contributed by atoms with Crippen molar-refractivity contribution in [2.24, 2.45) is 4.99 Å². The molecule has 132 valence electrons. The van der Waals surface area contributed by atoms with Crippen molar-refractivity contribution in [3.8, 4) is 0 Å². The molecule has 2 rings (SSSR count). The molecule has 0 aromatic carbocycles. The molecule has 2 heterocycles. The van der Waals surface area contributed by atoms with Crippen LogP contribution in [0, 0.1) is 0 Å². The maximum Gasteiger partial charge on any atom is 0.191 e. The average Bonchev–Trinajstić information content (AvgIpc) is 3.20. The van der Waals surface area contributed by atoms with E-state index in [0.29, 0.717) is 0 Å². The fourth-order valence-electron chi connectivity index (χ4n) is 2.81. The first kappa shape index (κ1) is 20.3. The van der Waals surface area contributed by atoms with E-state index >= 15 is 0 Å². The van der Waals surface area contributed by atoms with Gasteiger partial charge in [-0.25, -0.2) is 0 Å². The lowest BCUT2D eigenvalue weighted by Gasteiger charge is -2.14. The van der Waals surface area contributed by atoms with E-state index in [2.05, 4.69) is 56.5 Å². The van der Waals surface area contributed by atoms with Gasteiger partial charge < -0.3 is 20.1 Å². The lowest BCUT2D eigenvalue weighted by molar-refractivity contribution is 0.331. The summed E-state index contributed by atoms with van der Waals surface area (Å²) in [6, 6.07) is 4.11. The summed E-state index contributed by atoms with van der Waals surface area (Å²) in [6.07, 6.45) is 9.37. The Morgan fingerprint density at radius 1 is 1.04 bits per heavy atom. The predicted octanol–water partition coefficient (Wildman–Crippen LogP) is 2.54. The Hall–Kier alpha value is -0.760. The van der Waals surface area contributed by atoms with Gasteiger partial charge in [-0.05, 0) is 64.4 Å². The maximum absolute atomic E-state index is 4.66. The number of hydrogen-bond acceptors (Lipinski definition) is 2. The molecule has 0 unspecified atom stereocenters. The minimum Gasteiger partial charge on any atom is -0.357 e. The zero-order valence-electron chi connectivity index (χ0n) is 14.3. The van der Waals surface area contributed by atoms with Gasteiger partial charge in [-0.15, -0.1) is 24.0 Å². The molecule has 0 aliphatic carbocycles. The van der Waals surface area contributed by atoms with Crippen LogP contribution >= 0.6 is 24.0 Å². The highest BCUT2D eigenvalue weighted by molar-refractivity contribution is 14.0. The van der Waals surface area contributed by atoms with E-state index in [0.717, 1.165) is 32.1 Å². The first-order valence-electron chi connectivity index (χ1n) is 8.74. The minimum absolute atomic E-state index is 0. The van der Waals surface area contributed by atoms with Crippen molar-refractivity contribution in [1.82, 2.24) is 20.1 Å². The number of aliphatic imine (C=N–C) groups is 1. The van der Waals surface area contributed by atoms with E-state index in [1.165, 1.54) is 45.3 Å². The molecule has 1 aliphatic rings. The van der Waals surface area contributed by atoms with Gasteiger partial charge in [0.1, 0.15) is 0 Å². The zero-order chi connectivity index (χ0) is 15.5. The third kappa shape index (κ3) is 8.60. The molecule has 0 radical (unpaired) electrons. The second-order valence-corrected chi connectivity index (χ2v) is 5.86. The van der Waals surface area contributed by atoms with Crippen LogP contribution in [0.15, 0.2) is 29.5 Å². The topological polar surface area (TPSA) is 44.6 Å². The largest absolute Gasteiger partial charge is 0.357 e. The molecule has 1 aromatic heterocycles. The van der Waals surface area contributed by atoms with Crippen LogP contribution in [0.2, 0.25) is 0 Å². The second-order valence-electron chi connectivity index (χ2n) is 5.86. The number of guanidine groups is 1. The van der Waals surface area contributed by atoms with E-state index in [-0.39, 0.29) is 24.0 Å². The van der Waals surface area contributed by atoms with Crippen LogP contribution in [-0.2, 0) is 6.54 Å². The van der Waals surface area contributed by atoms with Gasteiger partial charge >= 0.3 is 0 Å². The predicted molar refractivity (Wildman–Crippen MR) is 109 cm³/mol. The zero-order valence-corrected chi connectivity index (χ0v) is 16.7. The van der Waals surface area contributed by atoms with Gasteiger partial charge in [0.05, 0.1) is 0 Å². The first-order valence-corrected chi connectivity index (χ1v) is 8.74. The summed E-state index contributed by atoms with van der Waals surface area (Å²) in [5, 5.41) is 6.71. The Kier molecular flexibility index (Phi) is 11.1. The molecule has 23 heavy (non-hydrogen) atoms. The smallest absolute Gasteiger partial charge is 0.191 e. The second kappa shape index (κ2) is 12.6. The van der Waals surface area contributed by atoms with E-state index < -0.39 is 0 Å². The van der Waals surface area contributed by atoms with Crippen LogP contribution in [0.5, 0.6) is 0 Å². The van der Waals surface area contributed by atoms with Crippen LogP contribution in [0.25, 0.3) is 0 Å². The molecule has 1 aliphatic heterocycles. The van der Waals surface area contributed by atoms with Gasteiger partial charge in [0.15, 0.2) is 5.96 Å². The van der Waals surface area contributed by atoms with Gasteiger partial charge in [-0.2, -0.15) is 0 Å². The van der Waals surface area contributed by atoms with Crippen LogP contribution in [0.3, 0.4) is 0 Å². The highest BCUT2D eigenvalue weighted by Crippen LogP contribution is 2.08. The molecule has 1 aromatic rings. The molecule has 0 amide bonds. The summed E-state index contributed by atoms with van der Waals surface area (Å²) >= 11 is 0. The van der Waals surface area contributed by atoms with Gasteiger partial charge in [0.2, 0.25) is 0 Å². The number of nitrogens with one attached hydrogen (secondary N) is 2. The van der Waals surface area contributed by atoms with Crippen molar-refractivity contribution >= 4 is 29.9 Å². The highest BCUT2D eigenvalue weighted by atomic mass is 127. The van der Waals surface area contributed by atoms with Crippen molar-refractivity contribution < 1.29 is 0 Å². The molecule has 5 nitrogen and oxygen atoms in total. The maximum atomic E-state index is 4.66. The summed E-state index contributed by atoms with van der Waals surface area (Å²) in [5.41, 5.74) is 0. The summed E-state index contributed by atoms with van der Waals surface area (Å²) in [7, 11) is 0. The molecule has 6 heteroatoms. The van der Waals surface area contributed by atoms with Gasteiger partial charge in [-0.1, -0.05) is 0 Å². The van der Waals surface area contributed by atoms with Crippen LogP contribution < -0.4 is 10.6 Å². The standard InChI is InChI=1S/C17H31N5.HI/c1-2-18-17(20-10-16-22-14-7-8-15-22)19-9-3-4-11-21-12-5-6-13-21;/h7-8,14-15H,2-6,9-13,16H2,1H3,(H2,18,19,20);1H. The summed E-state index contributed by atoms with van der Waals surface area (Å²) in [5.74, 6) is 0.941. The third-order valence-electron chi connectivity index (χ3n) is 4.02. The number of unbranched alkanes of at least 4 members (excludes halogenated alkanes) is 1. The van der Waals surface area contributed by atoms with E-state index in [1.54, 1.807) is 0 Å². The number of aromatic nitrogens is 1. The molecular weight excluding hydrogens is 401 g/mol. The normalized spacial score (nSPS) is 15.4. The van der Waals surface area contributed by atoms with Gasteiger partial charge in [0.25, 0.3) is 0 Å². The van der Waals surface area contributed by atoms with Crippen molar-refractivity contribution in [1.29, 1.82) is 0 Å². The van der Waals surface area contributed by atoms with Crippen molar-refractivity contribution in [3.63, 3.8) is 0 Å². The SMILES string of the molecule is CCNC(=NCCCCN1CCCC1)NCCn1cccc1.I. The fourth-order valence-corrected chi connectivity index (χ4v) is 2.81. The summed E-state index contributed by atoms with van der Waals surface area (Å²) < 4.78 is 2.17. The van der Waals surface area contributed by atoms with Crippen LogP contribution in [0.1, 0.15) is 32.6 Å². The van der Waals surface area contributed by atoms with Crippen molar-refractivity contribution in [2.45, 2.75) is 39.2 Å². The average molecular weight is 433 g/mol. The summed E-state index contributed by atoms with van der Waals surface area (Å²) in [4.78, 5) is 7.24. The molecule has 0 spiro atoms. The molecule has 0 saturated carbocycles. The number of halogens is 1. The Labute approximate surface area is 157 Å². The lowest BCUT2D eigenvalue weighted by atomic mass is 10.3. The van der Waals surface area contributed by atoms with Crippen LogP contribution in [-0.4, -0.2) is 54.7 Å². The Bertz CT molecular complexity index is 413. The highest BCUT2D eigenvalue weighted by Gasteiger charge is 2.09. The Morgan fingerprint density at radius 3 is 2.48 bits per heavy atom. The molecular formula is C17H32IN5. The van der Waals surface area contributed by atoms with Crippen molar-refractivity contribution in [3.05, 3.63) is 24.5 Å². The van der Waals surface area contributed by atoms with Crippen LogP contribution in [0.4, 0.5) is 0 Å². The van der Waals surface area contributed by atoms with E-state index in [4.69, 9.17) is 0 Å². The molecule has 2 N–H and O–H groups in total. The minimum atomic E-state index is 0.